The summed E-state index contributed by atoms with van der Waals surface area (Å²) in [7, 11) is 0. The Balaban J connectivity index is 1.99. The van der Waals surface area contributed by atoms with Crippen molar-refractivity contribution in [1.29, 1.82) is 0 Å². The number of thioether (sulfide) groups is 1. The van der Waals surface area contributed by atoms with Crippen LogP contribution in [0.15, 0.2) is 0 Å². The van der Waals surface area contributed by atoms with Gasteiger partial charge in [-0.1, -0.05) is 20.3 Å². The summed E-state index contributed by atoms with van der Waals surface area (Å²) >= 11 is 1.59. The van der Waals surface area contributed by atoms with Gasteiger partial charge in [-0.2, -0.15) is 0 Å². The van der Waals surface area contributed by atoms with Crippen LogP contribution < -0.4 is 0 Å². The molecule has 2 saturated heterocycles. The molecule has 7 heteroatoms. The molecule has 124 valence electrons. The van der Waals surface area contributed by atoms with Gasteiger partial charge in [0.1, 0.15) is 6.04 Å². The van der Waals surface area contributed by atoms with Crippen LogP contribution in [0.4, 0.5) is 0 Å². The molecule has 2 aliphatic heterocycles. The van der Waals surface area contributed by atoms with Crippen LogP contribution in [0.5, 0.6) is 0 Å². The molecule has 1 unspecified atom stereocenters. The summed E-state index contributed by atoms with van der Waals surface area (Å²) in [5, 5.41) is 9.18. The van der Waals surface area contributed by atoms with Gasteiger partial charge in [0.15, 0.2) is 0 Å². The quantitative estimate of drug-likeness (QED) is 0.822. The Morgan fingerprint density at radius 3 is 2.59 bits per heavy atom. The van der Waals surface area contributed by atoms with Gasteiger partial charge in [0.2, 0.25) is 11.8 Å². The third-order valence-corrected chi connectivity index (χ3v) is 5.49. The summed E-state index contributed by atoms with van der Waals surface area (Å²) in [6, 6.07) is -0.422. The minimum Gasteiger partial charge on any atom is -0.481 e. The molecule has 0 radical (unpaired) electrons. The van der Waals surface area contributed by atoms with E-state index in [0.29, 0.717) is 24.6 Å². The molecular formula is C15H24N2O4S. The molecule has 0 saturated carbocycles. The molecule has 2 heterocycles. The van der Waals surface area contributed by atoms with E-state index in [1.807, 2.05) is 13.8 Å². The summed E-state index contributed by atoms with van der Waals surface area (Å²) in [6.07, 6.45) is 2.27. The predicted octanol–water partition coefficient (Wildman–Crippen LogP) is 1.26. The number of nitrogens with zero attached hydrogens (tertiary/aromatic N) is 2. The SMILES string of the molecule is CCCCC(=O)N1CSCC1C(=O)N1C[C@@H](C)[C@H](C(=O)O)C1. The average molecular weight is 328 g/mol. The molecule has 0 aliphatic carbocycles. The number of amides is 2. The van der Waals surface area contributed by atoms with Crippen LogP contribution in [-0.4, -0.2) is 63.5 Å². The van der Waals surface area contributed by atoms with Crippen LogP contribution in [0, 0.1) is 11.8 Å². The molecule has 0 aromatic rings. The molecule has 0 bridgehead atoms. The number of rotatable bonds is 5. The Kier molecular flexibility index (Phi) is 5.72. The van der Waals surface area contributed by atoms with Gasteiger partial charge in [0.25, 0.3) is 0 Å². The number of aliphatic carboxylic acids is 1. The lowest BCUT2D eigenvalue weighted by Gasteiger charge is -2.27. The molecule has 3 atom stereocenters. The fourth-order valence-corrected chi connectivity index (χ4v) is 4.22. The molecular weight excluding hydrogens is 304 g/mol. The Morgan fingerprint density at radius 2 is 2.00 bits per heavy atom. The zero-order valence-corrected chi connectivity index (χ0v) is 14.0. The van der Waals surface area contributed by atoms with Crippen LogP contribution in [0.2, 0.25) is 0 Å². The van der Waals surface area contributed by atoms with Crippen molar-refractivity contribution in [1.82, 2.24) is 9.80 Å². The number of carboxylic acid groups (broad SMARTS) is 1. The first-order valence-corrected chi connectivity index (χ1v) is 9.00. The van der Waals surface area contributed by atoms with Crippen molar-refractivity contribution in [2.24, 2.45) is 11.8 Å². The van der Waals surface area contributed by atoms with Gasteiger partial charge < -0.3 is 14.9 Å². The van der Waals surface area contributed by atoms with Gasteiger partial charge in [-0.05, 0) is 12.3 Å². The Morgan fingerprint density at radius 1 is 1.27 bits per heavy atom. The summed E-state index contributed by atoms with van der Waals surface area (Å²) in [5.74, 6) is -0.275. The number of carbonyl (C=O) groups is 3. The number of carboxylic acids is 1. The van der Waals surface area contributed by atoms with Crippen molar-refractivity contribution in [2.45, 2.75) is 39.2 Å². The number of unbranched alkanes of at least 4 members (excludes halogenated alkanes) is 1. The normalized spacial score (nSPS) is 28.2. The molecule has 2 rings (SSSR count). The maximum absolute atomic E-state index is 12.7. The van der Waals surface area contributed by atoms with E-state index in [9.17, 15) is 19.5 Å². The second-order valence-corrected chi connectivity index (χ2v) is 7.15. The van der Waals surface area contributed by atoms with Gasteiger partial charge in [-0.25, -0.2) is 0 Å². The maximum atomic E-state index is 12.7. The highest BCUT2D eigenvalue weighted by Crippen LogP contribution is 2.28. The largest absolute Gasteiger partial charge is 0.481 e. The summed E-state index contributed by atoms with van der Waals surface area (Å²) in [6.45, 7) is 4.62. The zero-order chi connectivity index (χ0) is 16.3. The van der Waals surface area contributed by atoms with E-state index in [-0.39, 0.29) is 24.3 Å². The van der Waals surface area contributed by atoms with Gasteiger partial charge >= 0.3 is 5.97 Å². The molecule has 0 aromatic carbocycles. The van der Waals surface area contributed by atoms with E-state index >= 15 is 0 Å². The minimum absolute atomic E-state index is 0.0345. The molecule has 2 aliphatic rings. The molecule has 2 fully saturated rings. The molecule has 0 aromatic heterocycles. The summed E-state index contributed by atoms with van der Waals surface area (Å²) in [4.78, 5) is 39.4. The highest BCUT2D eigenvalue weighted by Gasteiger charge is 2.42. The standard InChI is InChI=1S/C15H24N2O4S/c1-3-4-5-13(18)17-9-22-8-12(17)14(19)16-6-10(2)11(7-16)15(20)21/h10-12H,3-9H2,1-2H3,(H,20,21)/t10-,11-,12?/m1/s1. The zero-order valence-electron chi connectivity index (χ0n) is 13.2. The van der Waals surface area contributed by atoms with Crippen LogP contribution in [0.1, 0.15) is 33.1 Å². The van der Waals surface area contributed by atoms with Gasteiger partial charge in [-0.15, -0.1) is 11.8 Å². The second-order valence-electron chi connectivity index (χ2n) is 6.15. The fourth-order valence-electron chi connectivity index (χ4n) is 3.04. The van der Waals surface area contributed by atoms with E-state index in [1.54, 1.807) is 21.6 Å². The van der Waals surface area contributed by atoms with Crippen LogP contribution >= 0.6 is 11.8 Å². The molecule has 6 nitrogen and oxygen atoms in total. The van der Waals surface area contributed by atoms with E-state index < -0.39 is 17.9 Å². The number of carbonyl (C=O) groups excluding carboxylic acids is 2. The highest BCUT2D eigenvalue weighted by molar-refractivity contribution is 7.99. The van der Waals surface area contributed by atoms with E-state index in [4.69, 9.17) is 0 Å². The smallest absolute Gasteiger partial charge is 0.308 e. The first-order chi connectivity index (χ1) is 10.5. The first-order valence-electron chi connectivity index (χ1n) is 7.84. The Hall–Kier alpha value is -1.24. The fraction of sp³-hybridized carbons (Fsp3) is 0.800. The van der Waals surface area contributed by atoms with Crippen LogP contribution in [0.25, 0.3) is 0 Å². The maximum Gasteiger partial charge on any atom is 0.308 e. The molecule has 2 amide bonds. The lowest BCUT2D eigenvalue weighted by atomic mass is 9.99. The molecule has 0 spiro atoms. The first kappa shape index (κ1) is 17.1. The third kappa shape index (κ3) is 3.56. The highest BCUT2D eigenvalue weighted by atomic mass is 32.2. The monoisotopic (exact) mass is 328 g/mol. The Bertz CT molecular complexity index is 457. The van der Waals surface area contributed by atoms with Crippen LogP contribution in [0.3, 0.4) is 0 Å². The lowest BCUT2D eigenvalue weighted by Crippen LogP contribution is -2.48. The average Bonchev–Trinajstić information content (AvgIpc) is 3.10. The molecule has 1 N–H and O–H groups in total. The number of hydrogen-bond donors (Lipinski definition) is 1. The Labute approximate surface area is 135 Å². The van der Waals surface area contributed by atoms with Crippen molar-refractivity contribution in [2.75, 3.05) is 24.7 Å². The van der Waals surface area contributed by atoms with Crippen molar-refractivity contribution in [3.63, 3.8) is 0 Å². The van der Waals surface area contributed by atoms with Crippen molar-refractivity contribution >= 4 is 29.5 Å². The van der Waals surface area contributed by atoms with Crippen molar-refractivity contribution < 1.29 is 19.5 Å². The van der Waals surface area contributed by atoms with E-state index in [2.05, 4.69) is 0 Å². The summed E-state index contributed by atoms with van der Waals surface area (Å²) in [5.41, 5.74) is 0. The van der Waals surface area contributed by atoms with Gasteiger partial charge in [-0.3, -0.25) is 14.4 Å². The second kappa shape index (κ2) is 7.35. The summed E-state index contributed by atoms with van der Waals surface area (Å²) < 4.78 is 0. The van der Waals surface area contributed by atoms with Gasteiger partial charge in [0.05, 0.1) is 11.8 Å². The molecule has 22 heavy (non-hydrogen) atoms. The number of likely N-dealkylation sites (tertiary alicyclic amines) is 1. The predicted molar refractivity (Wildman–Crippen MR) is 84.4 cm³/mol. The van der Waals surface area contributed by atoms with E-state index in [1.165, 1.54) is 0 Å². The third-order valence-electron chi connectivity index (χ3n) is 4.47. The van der Waals surface area contributed by atoms with Crippen molar-refractivity contribution in [3.8, 4) is 0 Å². The van der Waals surface area contributed by atoms with E-state index in [0.717, 1.165) is 12.8 Å². The van der Waals surface area contributed by atoms with Crippen LogP contribution in [-0.2, 0) is 14.4 Å². The lowest BCUT2D eigenvalue weighted by molar-refractivity contribution is -0.144. The topological polar surface area (TPSA) is 77.9 Å². The number of hydrogen-bond acceptors (Lipinski definition) is 4. The van der Waals surface area contributed by atoms with Crippen molar-refractivity contribution in [3.05, 3.63) is 0 Å². The minimum atomic E-state index is -0.848. The van der Waals surface area contributed by atoms with Gasteiger partial charge in [0, 0.05) is 25.3 Å².